The van der Waals surface area contributed by atoms with E-state index in [2.05, 4.69) is 5.32 Å². The van der Waals surface area contributed by atoms with Gasteiger partial charge in [-0.15, -0.1) is 0 Å². The summed E-state index contributed by atoms with van der Waals surface area (Å²) in [6, 6.07) is 13.3. The van der Waals surface area contributed by atoms with Gasteiger partial charge in [0.25, 0.3) is 5.91 Å². The van der Waals surface area contributed by atoms with Gasteiger partial charge in [0.05, 0.1) is 33.1 Å². The van der Waals surface area contributed by atoms with E-state index in [0.717, 1.165) is 16.2 Å². The maximum absolute atomic E-state index is 12.4. The Bertz CT molecular complexity index is 749. The van der Waals surface area contributed by atoms with Crippen molar-refractivity contribution in [3.8, 4) is 17.2 Å². The fourth-order valence-corrected chi connectivity index (χ4v) is 2.83. The van der Waals surface area contributed by atoms with Crippen molar-refractivity contribution in [2.45, 2.75) is 20.4 Å². The van der Waals surface area contributed by atoms with E-state index in [-0.39, 0.29) is 5.91 Å². The fraction of sp³-hybridized carbons (Fsp3) is 0.381. The molecule has 0 fully saturated rings. The molecule has 146 valence electrons. The Labute approximate surface area is 161 Å². The molecule has 1 unspecified atom stereocenters. The molecule has 6 nitrogen and oxygen atoms in total. The molecule has 6 heteroatoms. The third kappa shape index (κ3) is 6.18. The molecule has 0 radical (unpaired) electrons. The van der Waals surface area contributed by atoms with E-state index in [9.17, 15) is 4.79 Å². The smallest absolute Gasteiger partial charge is 0.279 e. The molecule has 2 aromatic carbocycles. The molecular weight excluding hydrogens is 344 g/mol. The van der Waals surface area contributed by atoms with Gasteiger partial charge in [0.2, 0.25) is 0 Å². The minimum atomic E-state index is -0.0578. The highest BCUT2D eigenvalue weighted by Crippen LogP contribution is 2.27. The summed E-state index contributed by atoms with van der Waals surface area (Å²) >= 11 is 0. The van der Waals surface area contributed by atoms with Crippen LogP contribution in [-0.4, -0.2) is 39.8 Å². The SMILES string of the molecule is CCOc1ccccc1NC(=O)C[NH+](C)Cc1ccc(OCC)c(OC)c1. The van der Waals surface area contributed by atoms with Crippen LogP contribution in [0.15, 0.2) is 42.5 Å². The van der Waals surface area contributed by atoms with Gasteiger partial charge in [-0.1, -0.05) is 12.1 Å². The number of carbonyl (C=O) groups is 1. The molecule has 0 aromatic heterocycles. The number of amides is 1. The first-order valence-corrected chi connectivity index (χ1v) is 9.20. The fourth-order valence-electron chi connectivity index (χ4n) is 2.83. The van der Waals surface area contributed by atoms with Crippen LogP contribution in [0.25, 0.3) is 0 Å². The number of benzene rings is 2. The number of hydrogen-bond donors (Lipinski definition) is 2. The van der Waals surface area contributed by atoms with Crippen molar-refractivity contribution in [3.05, 3.63) is 48.0 Å². The van der Waals surface area contributed by atoms with Crippen molar-refractivity contribution < 1.29 is 23.9 Å². The quantitative estimate of drug-likeness (QED) is 0.670. The van der Waals surface area contributed by atoms with Gasteiger partial charge in [-0.25, -0.2) is 0 Å². The summed E-state index contributed by atoms with van der Waals surface area (Å²) in [6.45, 7) is 6.04. The standard InChI is InChI=1S/C21H28N2O4/c1-5-26-18-10-8-7-9-17(18)22-21(24)15-23(3)14-16-11-12-19(27-6-2)20(13-16)25-4/h7-13H,5-6,14-15H2,1-4H3,(H,22,24)/p+1. The largest absolute Gasteiger partial charge is 0.493 e. The summed E-state index contributed by atoms with van der Waals surface area (Å²) in [5, 5.41) is 2.93. The Balaban J connectivity index is 1.95. The predicted octanol–water partition coefficient (Wildman–Crippen LogP) is 2.15. The van der Waals surface area contributed by atoms with Crippen LogP contribution in [0.2, 0.25) is 0 Å². The molecular formula is C21H29N2O4+. The van der Waals surface area contributed by atoms with Crippen LogP contribution < -0.4 is 24.4 Å². The molecule has 0 spiro atoms. The molecule has 2 aromatic rings. The molecule has 0 aliphatic carbocycles. The lowest BCUT2D eigenvalue weighted by Crippen LogP contribution is -3.08. The van der Waals surface area contributed by atoms with Crippen LogP contribution in [-0.2, 0) is 11.3 Å². The lowest BCUT2D eigenvalue weighted by Gasteiger charge is -2.16. The molecule has 0 bridgehead atoms. The number of anilines is 1. The van der Waals surface area contributed by atoms with Crippen molar-refractivity contribution in [2.75, 3.05) is 39.2 Å². The van der Waals surface area contributed by atoms with Gasteiger partial charge in [0.1, 0.15) is 12.3 Å². The Morgan fingerprint density at radius 3 is 2.41 bits per heavy atom. The van der Waals surface area contributed by atoms with E-state index >= 15 is 0 Å². The zero-order chi connectivity index (χ0) is 19.6. The lowest BCUT2D eigenvalue weighted by atomic mass is 10.2. The number of hydrogen-bond acceptors (Lipinski definition) is 4. The van der Waals surface area contributed by atoms with E-state index in [1.807, 2.05) is 63.4 Å². The van der Waals surface area contributed by atoms with Gasteiger partial charge in [-0.3, -0.25) is 4.79 Å². The van der Waals surface area contributed by atoms with Crippen LogP contribution in [0.3, 0.4) is 0 Å². The van der Waals surface area contributed by atoms with Gasteiger partial charge >= 0.3 is 0 Å². The van der Waals surface area contributed by atoms with Gasteiger partial charge in [0, 0.05) is 5.56 Å². The van der Waals surface area contributed by atoms with Crippen LogP contribution >= 0.6 is 0 Å². The van der Waals surface area contributed by atoms with Crippen molar-refractivity contribution in [3.63, 3.8) is 0 Å². The second-order valence-electron chi connectivity index (χ2n) is 6.21. The van der Waals surface area contributed by atoms with Crippen molar-refractivity contribution >= 4 is 11.6 Å². The first-order chi connectivity index (χ1) is 13.1. The number of para-hydroxylation sites is 2. The summed E-state index contributed by atoms with van der Waals surface area (Å²) in [6.07, 6.45) is 0. The number of ether oxygens (including phenoxy) is 3. The highest BCUT2D eigenvalue weighted by atomic mass is 16.5. The van der Waals surface area contributed by atoms with Gasteiger partial charge in [-0.05, 0) is 44.2 Å². The van der Waals surface area contributed by atoms with Crippen molar-refractivity contribution in [1.82, 2.24) is 0 Å². The number of nitrogens with one attached hydrogen (secondary N) is 2. The molecule has 2 N–H and O–H groups in total. The van der Waals surface area contributed by atoms with Crippen molar-refractivity contribution in [2.24, 2.45) is 0 Å². The van der Waals surface area contributed by atoms with E-state index in [1.165, 1.54) is 0 Å². The maximum atomic E-state index is 12.4. The zero-order valence-electron chi connectivity index (χ0n) is 16.5. The summed E-state index contributed by atoms with van der Waals surface area (Å²) in [4.78, 5) is 13.5. The number of rotatable bonds is 10. The first-order valence-electron chi connectivity index (χ1n) is 9.20. The average Bonchev–Trinajstić information content (AvgIpc) is 2.64. The topological polar surface area (TPSA) is 61.2 Å². The highest BCUT2D eigenvalue weighted by molar-refractivity contribution is 5.92. The van der Waals surface area contributed by atoms with E-state index in [4.69, 9.17) is 14.2 Å². The Kier molecular flexibility index (Phi) is 7.95. The monoisotopic (exact) mass is 373 g/mol. The third-order valence-corrected chi connectivity index (χ3v) is 3.96. The average molecular weight is 373 g/mol. The third-order valence-electron chi connectivity index (χ3n) is 3.96. The normalized spacial score (nSPS) is 11.6. The van der Waals surface area contributed by atoms with E-state index in [1.54, 1.807) is 7.11 Å². The Morgan fingerprint density at radius 1 is 1.00 bits per heavy atom. The molecule has 2 rings (SSSR count). The molecule has 0 aliphatic rings. The number of likely N-dealkylation sites (N-methyl/N-ethyl adjacent to an activating group) is 1. The molecule has 0 heterocycles. The van der Waals surface area contributed by atoms with Gasteiger partial charge < -0.3 is 24.4 Å². The first kappa shape index (κ1) is 20.6. The number of carbonyl (C=O) groups excluding carboxylic acids is 1. The molecule has 0 aliphatic heterocycles. The zero-order valence-corrected chi connectivity index (χ0v) is 16.5. The second-order valence-corrected chi connectivity index (χ2v) is 6.21. The maximum Gasteiger partial charge on any atom is 0.279 e. The van der Waals surface area contributed by atoms with Crippen LogP contribution in [0.5, 0.6) is 17.2 Å². The number of methoxy groups -OCH3 is 1. The summed E-state index contributed by atoms with van der Waals surface area (Å²) in [5.41, 5.74) is 1.77. The summed E-state index contributed by atoms with van der Waals surface area (Å²) in [5.74, 6) is 2.06. The summed E-state index contributed by atoms with van der Waals surface area (Å²) in [7, 11) is 3.61. The van der Waals surface area contributed by atoms with E-state index < -0.39 is 0 Å². The lowest BCUT2D eigenvalue weighted by molar-refractivity contribution is -0.885. The minimum Gasteiger partial charge on any atom is -0.493 e. The van der Waals surface area contributed by atoms with Crippen LogP contribution in [0, 0.1) is 0 Å². The molecule has 0 saturated carbocycles. The highest BCUT2D eigenvalue weighted by Gasteiger charge is 2.14. The second kappa shape index (κ2) is 10.4. The van der Waals surface area contributed by atoms with Gasteiger partial charge in [0.15, 0.2) is 18.0 Å². The Morgan fingerprint density at radius 2 is 1.70 bits per heavy atom. The van der Waals surface area contributed by atoms with Crippen LogP contribution in [0.1, 0.15) is 19.4 Å². The minimum absolute atomic E-state index is 0.0578. The summed E-state index contributed by atoms with van der Waals surface area (Å²) < 4.78 is 16.5. The predicted molar refractivity (Wildman–Crippen MR) is 106 cm³/mol. The molecule has 0 saturated heterocycles. The van der Waals surface area contributed by atoms with Crippen molar-refractivity contribution in [1.29, 1.82) is 0 Å². The van der Waals surface area contributed by atoms with Gasteiger partial charge in [-0.2, -0.15) is 0 Å². The van der Waals surface area contributed by atoms with Crippen LogP contribution in [0.4, 0.5) is 5.69 Å². The number of quaternary nitrogens is 1. The van der Waals surface area contributed by atoms with E-state index in [0.29, 0.717) is 43.5 Å². The molecule has 1 amide bonds. The molecule has 27 heavy (non-hydrogen) atoms. The Hall–Kier alpha value is -2.73. The molecule has 1 atom stereocenters.